The molecule has 0 aliphatic carbocycles. The van der Waals surface area contributed by atoms with Crippen molar-refractivity contribution in [2.24, 2.45) is 0 Å². The first-order valence-corrected chi connectivity index (χ1v) is 7.17. The number of halogens is 1. The molecule has 0 atom stereocenters. The van der Waals surface area contributed by atoms with Crippen molar-refractivity contribution in [3.8, 4) is 0 Å². The first kappa shape index (κ1) is 13.2. The molecule has 3 rings (SSSR count). The fourth-order valence-corrected chi connectivity index (χ4v) is 2.80. The molecule has 1 aliphatic rings. The van der Waals surface area contributed by atoms with Crippen LogP contribution in [-0.4, -0.2) is 44.9 Å². The summed E-state index contributed by atoms with van der Waals surface area (Å²) >= 11 is 3.41. The highest BCUT2D eigenvalue weighted by Crippen LogP contribution is 2.20. The van der Waals surface area contributed by atoms with E-state index in [2.05, 4.69) is 36.2 Å². The van der Waals surface area contributed by atoms with Gasteiger partial charge in [0.25, 0.3) is 0 Å². The van der Waals surface area contributed by atoms with Gasteiger partial charge in [0.2, 0.25) is 0 Å². The van der Waals surface area contributed by atoms with E-state index in [1.165, 1.54) is 0 Å². The van der Waals surface area contributed by atoms with Crippen molar-refractivity contribution in [1.29, 1.82) is 0 Å². The van der Waals surface area contributed by atoms with Gasteiger partial charge in [-0.15, -0.1) is 5.10 Å². The number of nitrogens with one attached hydrogen (secondary N) is 1. The number of rotatable bonds is 2. The average Bonchev–Trinajstić information content (AvgIpc) is 2.80. The highest BCUT2D eigenvalue weighted by molar-refractivity contribution is 9.10. The van der Waals surface area contributed by atoms with Crippen LogP contribution in [0.3, 0.4) is 0 Å². The van der Waals surface area contributed by atoms with E-state index in [1.54, 1.807) is 10.7 Å². The number of carbonyl (C=O) groups is 1. The molecule has 2 N–H and O–H groups in total. The van der Waals surface area contributed by atoms with E-state index in [1.807, 2.05) is 12.1 Å². The molecular formula is C12H14BrN5O2. The Labute approximate surface area is 123 Å². The minimum atomic E-state index is -0.953. The highest BCUT2D eigenvalue weighted by atomic mass is 79.9. The Kier molecular flexibility index (Phi) is 3.47. The Bertz CT molecular complexity index is 636. The third-order valence-corrected chi connectivity index (χ3v) is 3.99. The number of hydrogen-bond donors (Lipinski definition) is 2. The molecule has 2 aromatic heterocycles. The summed E-state index contributed by atoms with van der Waals surface area (Å²) in [5.41, 5.74) is 0.794. The van der Waals surface area contributed by atoms with Gasteiger partial charge in [0.05, 0.1) is 6.20 Å². The number of piperidine rings is 1. The topological polar surface area (TPSA) is 82.8 Å². The summed E-state index contributed by atoms with van der Waals surface area (Å²) in [5, 5.41) is 15.8. The highest BCUT2D eigenvalue weighted by Gasteiger charge is 2.21. The molecule has 7 nitrogen and oxygen atoms in total. The fourth-order valence-electron chi connectivity index (χ4n) is 2.43. The van der Waals surface area contributed by atoms with Gasteiger partial charge in [-0.2, -0.15) is 0 Å². The van der Waals surface area contributed by atoms with Gasteiger partial charge < -0.3 is 15.3 Å². The first-order valence-electron chi connectivity index (χ1n) is 6.38. The second-order valence-electron chi connectivity index (χ2n) is 4.75. The van der Waals surface area contributed by atoms with Gasteiger partial charge in [-0.1, -0.05) is 0 Å². The summed E-state index contributed by atoms with van der Waals surface area (Å²) < 4.78 is 2.56. The van der Waals surface area contributed by atoms with E-state index >= 15 is 0 Å². The second-order valence-corrected chi connectivity index (χ2v) is 5.57. The van der Waals surface area contributed by atoms with Crippen molar-refractivity contribution in [1.82, 2.24) is 19.9 Å². The van der Waals surface area contributed by atoms with Crippen LogP contribution in [0.25, 0.3) is 5.65 Å². The number of amides is 1. The van der Waals surface area contributed by atoms with Gasteiger partial charge >= 0.3 is 6.09 Å². The first-order chi connectivity index (χ1) is 9.63. The second kappa shape index (κ2) is 5.28. The minimum Gasteiger partial charge on any atom is -0.465 e. The zero-order chi connectivity index (χ0) is 14.1. The number of nitrogens with zero attached hydrogens (tertiary/aromatic N) is 4. The molecule has 20 heavy (non-hydrogen) atoms. The van der Waals surface area contributed by atoms with Crippen molar-refractivity contribution >= 4 is 33.5 Å². The lowest BCUT2D eigenvalue weighted by Crippen LogP contribution is -2.44. The smallest absolute Gasteiger partial charge is 0.404 e. The molecular weight excluding hydrogens is 326 g/mol. The molecule has 0 aromatic carbocycles. The van der Waals surface area contributed by atoms with Gasteiger partial charge in [0, 0.05) is 19.1 Å². The summed E-state index contributed by atoms with van der Waals surface area (Å²) in [6, 6.07) is 3.90. The average molecular weight is 340 g/mol. The Morgan fingerprint density at radius 3 is 2.85 bits per heavy atom. The Hall–Kier alpha value is -1.83. The molecule has 0 saturated carbocycles. The van der Waals surface area contributed by atoms with Crippen LogP contribution in [0.1, 0.15) is 12.8 Å². The third-order valence-electron chi connectivity index (χ3n) is 3.45. The molecule has 8 heteroatoms. The maximum absolute atomic E-state index is 10.6. The number of anilines is 1. The van der Waals surface area contributed by atoms with Crippen LogP contribution >= 0.6 is 15.9 Å². The quantitative estimate of drug-likeness (QED) is 0.870. The number of carboxylic acid groups (broad SMARTS) is 1. The lowest BCUT2D eigenvalue weighted by molar-refractivity contribution is 0.187. The van der Waals surface area contributed by atoms with E-state index in [0.29, 0.717) is 0 Å². The summed E-state index contributed by atoms with van der Waals surface area (Å²) in [4.78, 5) is 17.0. The van der Waals surface area contributed by atoms with Crippen LogP contribution in [0, 0.1) is 0 Å². The fraction of sp³-hybridized carbons (Fsp3) is 0.417. The summed E-state index contributed by atoms with van der Waals surface area (Å²) in [7, 11) is 0. The molecule has 106 valence electrons. The monoisotopic (exact) mass is 339 g/mol. The molecule has 1 amide bonds. The van der Waals surface area contributed by atoms with Crippen molar-refractivity contribution in [3.63, 3.8) is 0 Å². The number of aromatic nitrogens is 3. The molecule has 3 heterocycles. The van der Waals surface area contributed by atoms with E-state index in [9.17, 15) is 4.79 Å². The van der Waals surface area contributed by atoms with Crippen molar-refractivity contribution in [2.45, 2.75) is 18.9 Å². The minimum absolute atomic E-state index is 0.0347. The van der Waals surface area contributed by atoms with Crippen LogP contribution in [-0.2, 0) is 0 Å². The van der Waals surface area contributed by atoms with Gasteiger partial charge in [-0.25, -0.2) is 14.3 Å². The van der Waals surface area contributed by atoms with Crippen molar-refractivity contribution in [2.75, 3.05) is 18.0 Å². The summed E-state index contributed by atoms with van der Waals surface area (Å²) in [5.74, 6) is 0.880. The van der Waals surface area contributed by atoms with Gasteiger partial charge in [0.1, 0.15) is 10.4 Å². The summed E-state index contributed by atoms with van der Waals surface area (Å²) in [6.45, 7) is 1.57. The van der Waals surface area contributed by atoms with Crippen LogP contribution in [0.15, 0.2) is 22.9 Å². The van der Waals surface area contributed by atoms with Crippen molar-refractivity contribution < 1.29 is 9.90 Å². The van der Waals surface area contributed by atoms with Gasteiger partial charge in [0.15, 0.2) is 5.65 Å². The molecule has 0 radical (unpaired) electrons. The number of imidazole rings is 1. The van der Waals surface area contributed by atoms with E-state index in [-0.39, 0.29) is 6.04 Å². The summed E-state index contributed by atoms with van der Waals surface area (Å²) in [6.07, 6.45) is 2.34. The van der Waals surface area contributed by atoms with Crippen molar-refractivity contribution in [3.05, 3.63) is 22.9 Å². The number of hydrogen-bond acceptors (Lipinski definition) is 4. The maximum atomic E-state index is 10.6. The largest absolute Gasteiger partial charge is 0.465 e. The van der Waals surface area contributed by atoms with Gasteiger partial charge in [-0.3, -0.25) is 0 Å². The normalized spacial score (nSPS) is 16.6. The molecule has 1 saturated heterocycles. The SMILES string of the molecule is O=C(O)NC1CCN(c2ccc3ncc(Br)n3n2)CC1. The predicted molar refractivity (Wildman–Crippen MR) is 77.1 cm³/mol. The maximum Gasteiger partial charge on any atom is 0.404 e. The molecule has 1 aliphatic heterocycles. The Morgan fingerprint density at radius 2 is 2.15 bits per heavy atom. The van der Waals surface area contributed by atoms with Crippen LogP contribution in [0.2, 0.25) is 0 Å². The molecule has 2 aromatic rings. The molecule has 0 bridgehead atoms. The molecule has 1 fully saturated rings. The number of fused-ring (bicyclic) bond motifs is 1. The molecule has 0 spiro atoms. The van der Waals surface area contributed by atoms with E-state index in [0.717, 1.165) is 42.0 Å². The van der Waals surface area contributed by atoms with Crippen LogP contribution in [0.4, 0.5) is 10.6 Å². The zero-order valence-corrected chi connectivity index (χ0v) is 12.2. The lowest BCUT2D eigenvalue weighted by Gasteiger charge is -2.32. The lowest BCUT2D eigenvalue weighted by atomic mass is 10.1. The third kappa shape index (κ3) is 2.55. The Morgan fingerprint density at radius 1 is 1.40 bits per heavy atom. The standard InChI is InChI=1S/C12H14BrN5O2/c13-9-7-14-10-1-2-11(16-18(9)10)17-5-3-8(4-6-17)15-12(19)20/h1-2,7-8,15H,3-6H2,(H,19,20). The molecule has 0 unspecified atom stereocenters. The Balaban J connectivity index is 1.73. The van der Waals surface area contributed by atoms with Crippen LogP contribution < -0.4 is 10.2 Å². The van der Waals surface area contributed by atoms with Crippen LogP contribution in [0.5, 0.6) is 0 Å². The van der Waals surface area contributed by atoms with E-state index < -0.39 is 6.09 Å². The predicted octanol–water partition coefficient (Wildman–Crippen LogP) is 1.73. The van der Waals surface area contributed by atoms with E-state index in [4.69, 9.17) is 5.11 Å². The zero-order valence-electron chi connectivity index (χ0n) is 10.7. The van der Waals surface area contributed by atoms with Gasteiger partial charge in [-0.05, 0) is 40.9 Å².